The molecule has 0 heterocycles. The molecule has 5 atom stereocenters. The van der Waals surface area contributed by atoms with Crippen LogP contribution in [0.4, 0.5) is 0 Å². The summed E-state index contributed by atoms with van der Waals surface area (Å²) >= 11 is 0. The third kappa shape index (κ3) is 6.22. The van der Waals surface area contributed by atoms with Crippen LogP contribution in [0, 0.1) is 23.7 Å². The Labute approximate surface area is 189 Å². The zero-order chi connectivity index (χ0) is 22.5. The van der Waals surface area contributed by atoms with E-state index >= 15 is 0 Å². The van der Waals surface area contributed by atoms with E-state index in [1.165, 1.54) is 18.4 Å². The summed E-state index contributed by atoms with van der Waals surface area (Å²) in [6.45, 7) is 8.35. The number of carbonyl (C=O) groups is 1. The fourth-order valence-electron chi connectivity index (χ4n) is 6.50. The first kappa shape index (κ1) is 24.5. The molecule has 176 valence electrons. The van der Waals surface area contributed by atoms with Gasteiger partial charge in [0.1, 0.15) is 0 Å². The molecule has 0 radical (unpaired) electrons. The predicted molar refractivity (Wildman–Crippen MR) is 126 cm³/mol. The first-order valence-corrected chi connectivity index (χ1v) is 12.8. The van der Waals surface area contributed by atoms with Gasteiger partial charge in [0, 0.05) is 24.4 Å². The van der Waals surface area contributed by atoms with Gasteiger partial charge in [-0.15, -0.1) is 0 Å². The molecule has 0 unspecified atom stereocenters. The van der Waals surface area contributed by atoms with Crippen molar-refractivity contribution < 1.29 is 15.0 Å². The van der Waals surface area contributed by atoms with E-state index in [0.717, 1.165) is 44.9 Å². The fourth-order valence-corrected chi connectivity index (χ4v) is 6.50. The van der Waals surface area contributed by atoms with Gasteiger partial charge in [0.2, 0.25) is 5.91 Å². The highest BCUT2D eigenvalue weighted by atomic mass is 16.3. The molecule has 0 aromatic heterocycles. The van der Waals surface area contributed by atoms with Crippen LogP contribution in [0.25, 0.3) is 0 Å². The van der Waals surface area contributed by atoms with Crippen LogP contribution in [0.5, 0.6) is 0 Å². The highest BCUT2D eigenvalue weighted by Crippen LogP contribution is 2.50. The molecule has 0 aromatic rings. The van der Waals surface area contributed by atoms with Crippen molar-refractivity contribution in [2.45, 2.75) is 116 Å². The van der Waals surface area contributed by atoms with Crippen molar-refractivity contribution in [3.8, 4) is 0 Å². The van der Waals surface area contributed by atoms with Gasteiger partial charge in [0.25, 0.3) is 0 Å². The molecule has 0 bridgehead atoms. The van der Waals surface area contributed by atoms with Gasteiger partial charge in [0.15, 0.2) is 0 Å². The molecule has 0 saturated heterocycles. The zero-order valence-electron chi connectivity index (χ0n) is 20.2. The van der Waals surface area contributed by atoms with Gasteiger partial charge in [0.05, 0.1) is 12.2 Å². The lowest BCUT2D eigenvalue weighted by Crippen LogP contribution is -2.41. The molecule has 4 nitrogen and oxygen atoms in total. The van der Waals surface area contributed by atoms with Crippen molar-refractivity contribution in [3.05, 3.63) is 23.8 Å². The van der Waals surface area contributed by atoms with Gasteiger partial charge in [-0.2, -0.15) is 0 Å². The number of amides is 1. The molecule has 0 spiro atoms. The standard InChI is InChI=1S/C27H45NO3/c1-18(2)28(19(3)4)27(31)12-8-5-9-20-15-22-17-26(30)23(24(22)16-20)13-14-25(29)21-10-6-7-11-21/h9,13-14,18-19,21-26,29-30H,5-8,10-12,15-17H2,1-4H3/b14-13+,20-9+/t22-,23+,24-,25+,26+/m0/s1. The Morgan fingerprint density at radius 1 is 1.13 bits per heavy atom. The first-order chi connectivity index (χ1) is 14.8. The fraction of sp³-hybridized carbons (Fsp3) is 0.815. The molecule has 3 rings (SSSR count). The summed E-state index contributed by atoms with van der Waals surface area (Å²) < 4.78 is 0. The van der Waals surface area contributed by atoms with Gasteiger partial charge >= 0.3 is 0 Å². The van der Waals surface area contributed by atoms with E-state index in [1.807, 2.05) is 11.0 Å². The quantitative estimate of drug-likeness (QED) is 0.387. The van der Waals surface area contributed by atoms with Crippen LogP contribution in [-0.4, -0.2) is 45.3 Å². The summed E-state index contributed by atoms with van der Waals surface area (Å²) in [5.41, 5.74) is 1.51. The Hall–Kier alpha value is -1.13. The van der Waals surface area contributed by atoms with E-state index in [-0.39, 0.29) is 36.1 Å². The summed E-state index contributed by atoms with van der Waals surface area (Å²) in [6, 6.07) is 0.507. The van der Waals surface area contributed by atoms with Crippen LogP contribution in [0.15, 0.2) is 23.8 Å². The van der Waals surface area contributed by atoms with E-state index in [0.29, 0.717) is 24.2 Å². The maximum absolute atomic E-state index is 12.5. The molecule has 3 aliphatic rings. The van der Waals surface area contributed by atoms with Gasteiger partial charge < -0.3 is 15.1 Å². The van der Waals surface area contributed by atoms with Crippen molar-refractivity contribution in [3.63, 3.8) is 0 Å². The maximum atomic E-state index is 12.5. The number of aliphatic hydroxyl groups is 2. The number of fused-ring (bicyclic) bond motifs is 1. The van der Waals surface area contributed by atoms with Crippen molar-refractivity contribution in [2.75, 3.05) is 0 Å². The number of nitrogens with zero attached hydrogens (tertiary/aromatic N) is 1. The van der Waals surface area contributed by atoms with Crippen LogP contribution >= 0.6 is 0 Å². The van der Waals surface area contributed by atoms with Crippen LogP contribution in [0.1, 0.15) is 91.9 Å². The number of rotatable bonds is 9. The lowest BCUT2D eigenvalue weighted by molar-refractivity contribution is -0.134. The highest BCUT2D eigenvalue weighted by Gasteiger charge is 2.45. The van der Waals surface area contributed by atoms with E-state index in [2.05, 4.69) is 39.8 Å². The smallest absolute Gasteiger partial charge is 0.223 e. The van der Waals surface area contributed by atoms with Crippen LogP contribution in [0.2, 0.25) is 0 Å². The Kier molecular flexibility index (Phi) is 8.81. The minimum absolute atomic E-state index is 0.180. The van der Waals surface area contributed by atoms with E-state index in [4.69, 9.17) is 0 Å². The van der Waals surface area contributed by atoms with Crippen LogP contribution in [-0.2, 0) is 4.79 Å². The van der Waals surface area contributed by atoms with Crippen molar-refractivity contribution in [2.24, 2.45) is 23.7 Å². The largest absolute Gasteiger partial charge is 0.392 e. The lowest BCUT2D eigenvalue weighted by Gasteiger charge is -2.30. The minimum Gasteiger partial charge on any atom is -0.392 e. The van der Waals surface area contributed by atoms with Gasteiger partial charge in [-0.1, -0.05) is 36.6 Å². The number of hydrogen-bond acceptors (Lipinski definition) is 3. The molecule has 3 aliphatic carbocycles. The highest BCUT2D eigenvalue weighted by molar-refractivity contribution is 5.76. The average molecular weight is 432 g/mol. The Morgan fingerprint density at radius 3 is 2.45 bits per heavy atom. The summed E-state index contributed by atoms with van der Waals surface area (Å²) in [5.74, 6) is 1.93. The molecular formula is C27H45NO3. The summed E-state index contributed by atoms with van der Waals surface area (Å²) in [5, 5.41) is 21.1. The number of unbranched alkanes of at least 4 members (excludes halogenated alkanes) is 1. The monoisotopic (exact) mass is 431 g/mol. The minimum atomic E-state index is -0.348. The summed E-state index contributed by atoms with van der Waals surface area (Å²) in [4.78, 5) is 14.5. The van der Waals surface area contributed by atoms with Gasteiger partial charge in [-0.25, -0.2) is 0 Å². The van der Waals surface area contributed by atoms with Crippen LogP contribution < -0.4 is 0 Å². The Bertz CT molecular complexity index is 639. The molecule has 1 amide bonds. The number of allylic oxidation sites excluding steroid dienone is 2. The van der Waals surface area contributed by atoms with Crippen LogP contribution in [0.3, 0.4) is 0 Å². The van der Waals surface area contributed by atoms with E-state index in [9.17, 15) is 15.0 Å². The average Bonchev–Trinajstić information content (AvgIpc) is 3.40. The van der Waals surface area contributed by atoms with E-state index in [1.54, 1.807) is 0 Å². The Balaban J connectivity index is 1.47. The number of carbonyl (C=O) groups excluding carboxylic acids is 1. The number of hydrogen-bond donors (Lipinski definition) is 2. The zero-order valence-corrected chi connectivity index (χ0v) is 20.2. The second kappa shape index (κ2) is 11.1. The Morgan fingerprint density at radius 2 is 1.81 bits per heavy atom. The normalized spacial score (nSPS) is 31.4. The van der Waals surface area contributed by atoms with Crippen molar-refractivity contribution in [1.29, 1.82) is 0 Å². The topological polar surface area (TPSA) is 60.8 Å². The van der Waals surface area contributed by atoms with Crippen molar-refractivity contribution in [1.82, 2.24) is 4.90 Å². The third-order valence-electron chi connectivity index (χ3n) is 7.95. The van der Waals surface area contributed by atoms with Gasteiger partial charge in [-0.05, 0) is 90.4 Å². The molecular weight excluding hydrogens is 386 g/mol. The first-order valence-electron chi connectivity index (χ1n) is 12.8. The summed E-state index contributed by atoms with van der Waals surface area (Å²) in [7, 11) is 0. The van der Waals surface area contributed by atoms with Gasteiger partial charge in [-0.3, -0.25) is 4.79 Å². The van der Waals surface area contributed by atoms with E-state index < -0.39 is 0 Å². The second-order valence-electron chi connectivity index (χ2n) is 10.9. The summed E-state index contributed by atoms with van der Waals surface area (Å²) in [6.07, 6.45) is 16.1. The third-order valence-corrected chi connectivity index (χ3v) is 7.95. The molecule has 4 heteroatoms. The molecule has 3 fully saturated rings. The second-order valence-corrected chi connectivity index (χ2v) is 10.9. The lowest BCUT2D eigenvalue weighted by atomic mass is 9.89. The SMILES string of the molecule is CC(C)N(C(=O)CCC/C=C1\C[C@H]2C[C@@H](O)[C@H](/C=C/[C@@H](O)C3CCCC3)[C@H]2C1)C(C)C. The predicted octanol–water partition coefficient (Wildman–Crippen LogP) is 5.24. The van der Waals surface area contributed by atoms with Crippen molar-refractivity contribution >= 4 is 5.91 Å². The molecule has 0 aliphatic heterocycles. The molecule has 3 saturated carbocycles. The molecule has 2 N–H and O–H groups in total. The molecule has 0 aromatic carbocycles. The number of aliphatic hydroxyl groups excluding tert-OH is 2. The maximum Gasteiger partial charge on any atom is 0.223 e. The molecule has 31 heavy (non-hydrogen) atoms.